The second-order valence-corrected chi connectivity index (χ2v) is 19.0. The maximum atomic E-state index is 7.29. The van der Waals surface area contributed by atoms with Crippen LogP contribution in [0.15, 0.2) is 239 Å². The molecule has 0 spiro atoms. The van der Waals surface area contributed by atoms with Gasteiger partial charge in [0.2, 0.25) is 6.71 Å². The van der Waals surface area contributed by atoms with Gasteiger partial charge in [0, 0.05) is 66.7 Å². The van der Waals surface area contributed by atoms with Gasteiger partial charge in [0.15, 0.2) is 0 Å². The van der Waals surface area contributed by atoms with E-state index >= 15 is 0 Å². The number of nitrogens with zero attached hydrogens (tertiary/aromatic N) is 3. The van der Waals surface area contributed by atoms with Gasteiger partial charge >= 0.3 is 0 Å². The first-order valence-corrected chi connectivity index (χ1v) is 24.0. The molecule has 0 N–H and O–H groups in total. The Labute approximate surface area is 398 Å². The lowest BCUT2D eigenvalue weighted by Gasteiger charge is -2.42. The minimum absolute atomic E-state index is 0.0329. The van der Waals surface area contributed by atoms with Crippen LogP contribution >= 0.6 is 11.8 Å². The van der Waals surface area contributed by atoms with Crippen LogP contribution in [0, 0.1) is 0 Å². The van der Waals surface area contributed by atoms with E-state index in [2.05, 4.69) is 233 Å². The number of rotatable bonds is 5. The summed E-state index contributed by atoms with van der Waals surface area (Å²) in [6, 6.07) is 81.2. The Morgan fingerprint density at radius 2 is 0.971 bits per heavy atom. The Bertz CT molecular complexity index is 3810. The van der Waals surface area contributed by atoms with Gasteiger partial charge < -0.3 is 23.9 Å². The highest BCUT2D eigenvalue weighted by atomic mass is 32.2. The van der Waals surface area contributed by atoms with Gasteiger partial charge in [-0.05, 0) is 112 Å². The largest absolute Gasteiger partial charge is 0.458 e. The summed E-state index contributed by atoms with van der Waals surface area (Å²) in [5.41, 5.74) is 19.3. The zero-order chi connectivity index (χ0) is 44.5. The average Bonchev–Trinajstić information content (AvgIpc) is 3.77. The van der Waals surface area contributed by atoms with Crippen molar-refractivity contribution >= 4 is 131 Å². The lowest BCUT2D eigenvalue weighted by molar-refractivity contribution is 0.486. The van der Waals surface area contributed by atoms with E-state index in [1.165, 1.54) is 48.5 Å². The fourth-order valence-electron chi connectivity index (χ4n) is 11.6. The van der Waals surface area contributed by atoms with Gasteiger partial charge in [-0.1, -0.05) is 151 Å². The Balaban J connectivity index is 0.991. The number of hydrogen-bond acceptors (Lipinski definition) is 6. The summed E-state index contributed by atoms with van der Waals surface area (Å²) in [4.78, 5) is 9.72. The Morgan fingerprint density at radius 3 is 1.66 bits per heavy atom. The summed E-state index contributed by atoms with van der Waals surface area (Å²) in [6.45, 7) is -0.129. The molecule has 11 aromatic rings. The molecule has 5 nitrogen and oxygen atoms in total. The topological polar surface area (TPSA) is 32.1 Å². The van der Waals surface area contributed by atoms with Gasteiger partial charge in [0.1, 0.15) is 22.7 Å². The van der Waals surface area contributed by atoms with Crippen LogP contribution in [-0.2, 0) is 0 Å². The van der Waals surface area contributed by atoms with Crippen molar-refractivity contribution in [1.82, 2.24) is 0 Å². The number of benzene rings is 10. The highest BCUT2D eigenvalue weighted by molar-refractivity contribution is 8.00. The van der Waals surface area contributed by atoms with E-state index in [-0.39, 0.29) is 13.4 Å². The molecule has 10 aromatic carbocycles. The third-order valence-corrected chi connectivity index (χ3v) is 15.4. The van der Waals surface area contributed by atoms with Crippen molar-refractivity contribution < 1.29 is 9.15 Å². The van der Waals surface area contributed by atoms with Crippen molar-refractivity contribution in [3.63, 3.8) is 0 Å². The van der Waals surface area contributed by atoms with Gasteiger partial charge in [-0.2, -0.15) is 0 Å². The minimum atomic E-state index is -0.0959. The zero-order valence-electron chi connectivity index (χ0n) is 36.6. The van der Waals surface area contributed by atoms with Crippen LogP contribution < -0.4 is 52.2 Å². The third kappa shape index (κ3) is 5.43. The van der Waals surface area contributed by atoms with Crippen LogP contribution in [0.25, 0.3) is 21.9 Å². The van der Waals surface area contributed by atoms with Crippen molar-refractivity contribution in [1.29, 1.82) is 0 Å². The van der Waals surface area contributed by atoms with E-state index in [4.69, 9.17) is 9.15 Å². The molecule has 0 saturated carbocycles. The van der Waals surface area contributed by atoms with E-state index in [0.29, 0.717) is 0 Å². The Morgan fingerprint density at radius 1 is 0.397 bits per heavy atom. The highest BCUT2D eigenvalue weighted by Crippen LogP contribution is 2.50. The molecule has 0 unspecified atom stereocenters. The van der Waals surface area contributed by atoms with Crippen molar-refractivity contribution in [2.75, 3.05) is 14.7 Å². The lowest BCUT2D eigenvalue weighted by atomic mass is 9.31. The van der Waals surface area contributed by atoms with Crippen molar-refractivity contribution in [3.05, 3.63) is 224 Å². The first-order valence-electron chi connectivity index (χ1n) is 23.2. The molecule has 0 amide bonds. The molecule has 0 saturated heterocycles. The average molecular weight is 886 g/mol. The molecule has 0 fully saturated rings. The maximum absolute atomic E-state index is 7.29. The fraction of sp³-hybridized carbons (Fsp3) is 0. The van der Waals surface area contributed by atoms with Crippen LogP contribution in [0.1, 0.15) is 0 Å². The smallest absolute Gasteiger partial charge is 0.256 e. The first-order chi connectivity index (χ1) is 33.7. The predicted molar refractivity (Wildman–Crippen MR) is 284 cm³/mol. The predicted octanol–water partition coefficient (Wildman–Crippen LogP) is 12.2. The molecule has 8 heteroatoms. The van der Waals surface area contributed by atoms with Crippen molar-refractivity contribution in [3.8, 4) is 11.5 Å². The highest BCUT2D eigenvalue weighted by Gasteiger charge is 2.47. The molecule has 4 aliphatic heterocycles. The Kier molecular flexibility index (Phi) is 8.12. The summed E-state index contributed by atoms with van der Waals surface area (Å²) >= 11 is 1.85. The summed E-state index contributed by atoms with van der Waals surface area (Å²) in [6.07, 6.45) is 0. The number of ether oxygens (including phenoxy) is 1. The minimum Gasteiger partial charge on any atom is -0.458 e. The van der Waals surface area contributed by atoms with E-state index in [0.717, 1.165) is 78.7 Å². The quantitative estimate of drug-likeness (QED) is 0.160. The summed E-state index contributed by atoms with van der Waals surface area (Å²) in [7, 11) is 0. The molecule has 316 valence electrons. The van der Waals surface area contributed by atoms with Crippen LogP contribution in [0.4, 0.5) is 51.2 Å². The standard InChI is InChI=1S/C60H37B2N3O2S/c1-5-19-38(20-6-1)63(39-21-7-2-8-22-39)42-33-50-58-56(34-42)68-55-37-52-46(35-47(55)62(58)44-28-14-16-30-48(44)64(50)40-23-9-3-10-24-40)61-45-29-15-17-31-49(45)65(41-25-11-4-12-26-41)60-57-43-27-13-18-32-51(43)66-53(57)36-54(67-52)59(60)61/h1-37H. The molecule has 68 heavy (non-hydrogen) atoms. The van der Waals surface area contributed by atoms with Gasteiger partial charge in [0.25, 0.3) is 6.71 Å². The lowest BCUT2D eigenvalue weighted by Crippen LogP contribution is -2.63. The molecule has 15 rings (SSSR count). The van der Waals surface area contributed by atoms with Crippen molar-refractivity contribution in [2.24, 2.45) is 0 Å². The molecule has 0 aliphatic carbocycles. The molecule has 0 radical (unpaired) electrons. The Hall–Kier alpha value is -8.32. The zero-order valence-corrected chi connectivity index (χ0v) is 37.4. The molecular weight excluding hydrogens is 848 g/mol. The van der Waals surface area contributed by atoms with Crippen LogP contribution in [0.3, 0.4) is 0 Å². The van der Waals surface area contributed by atoms with Gasteiger partial charge in [0.05, 0.1) is 11.1 Å². The number of hydrogen-bond donors (Lipinski definition) is 0. The number of furan rings is 1. The van der Waals surface area contributed by atoms with E-state index in [1.807, 2.05) is 17.8 Å². The van der Waals surface area contributed by atoms with E-state index < -0.39 is 0 Å². The number of fused-ring (bicyclic) bond motifs is 12. The van der Waals surface area contributed by atoms with Crippen LogP contribution in [0.5, 0.6) is 11.5 Å². The molecule has 5 heterocycles. The number of anilines is 9. The first kappa shape index (κ1) is 37.9. The van der Waals surface area contributed by atoms with Gasteiger partial charge in [-0.15, -0.1) is 0 Å². The van der Waals surface area contributed by atoms with Gasteiger partial charge in [-0.25, -0.2) is 0 Å². The summed E-state index contributed by atoms with van der Waals surface area (Å²) in [5, 5.41) is 2.19. The van der Waals surface area contributed by atoms with Crippen LogP contribution in [0.2, 0.25) is 0 Å². The number of para-hydroxylation sites is 7. The monoisotopic (exact) mass is 885 g/mol. The molecule has 0 atom stereocenters. The third-order valence-electron chi connectivity index (χ3n) is 14.3. The molecule has 4 aliphatic rings. The normalized spacial score (nSPS) is 13.5. The van der Waals surface area contributed by atoms with E-state index in [1.54, 1.807) is 0 Å². The van der Waals surface area contributed by atoms with Gasteiger partial charge in [-0.3, -0.25) is 0 Å². The molecular formula is C60H37B2N3O2S. The second-order valence-electron chi connectivity index (χ2n) is 17.9. The maximum Gasteiger partial charge on any atom is 0.256 e. The summed E-state index contributed by atoms with van der Waals surface area (Å²) < 4.78 is 14.0. The van der Waals surface area contributed by atoms with Crippen molar-refractivity contribution in [2.45, 2.75) is 9.79 Å². The van der Waals surface area contributed by atoms with E-state index in [9.17, 15) is 0 Å². The molecule has 0 bridgehead atoms. The van der Waals surface area contributed by atoms with Crippen LogP contribution in [-0.4, -0.2) is 13.4 Å². The fourth-order valence-corrected chi connectivity index (χ4v) is 12.8. The molecule has 1 aromatic heterocycles. The summed E-state index contributed by atoms with van der Waals surface area (Å²) in [5.74, 6) is 1.70. The second kappa shape index (κ2) is 14.6. The SMILES string of the molecule is c1ccc(N(c2ccccc2)c2cc3c4c(c2)N(c2ccccc2)c2ccccc2B4c2cc4c(cc2S3)Oc2cc3oc5ccccc5c3c3c2B4c2ccccc2N3c2ccccc2)cc1.